The zero-order valence-corrected chi connectivity index (χ0v) is 22.4. The van der Waals surface area contributed by atoms with Crippen molar-refractivity contribution in [3.05, 3.63) is 83.9 Å². The van der Waals surface area contributed by atoms with E-state index in [9.17, 15) is 14.4 Å². The van der Waals surface area contributed by atoms with E-state index in [1.165, 1.54) is 30.2 Å². The molecule has 2 heterocycles. The minimum absolute atomic E-state index is 0.145. The predicted molar refractivity (Wildman–Crippen MR) is 151 cm³/mol. The molecule has 0 bridgehead atoms. The van der Waals surface area contributed by atoms with E-state index in [1.54, 1.807) is 30.3 Å². The van der Waals surface area contributed by atoms with Crippen LogP contribution in [0.2, 0.25) is 0 Å². The van der Waals surface area contributed by atoms with Crippen LogP contribution in [0.4, 0.5) is 11.4 Å². The molecule has 0 spiro atoms. The van der Waals surface area contributed by atoms with E-state index < -0.39 is 0 Å². The molecule has 1 aliphatic heterocycles. The lowest BCUT2D eigenvalue weighted by Gasteiger charge is -2.36. The molecule has 1 aliphatic rings. The smallest absolute Gasteiger partial charge is 0.316 e. The molecule has 1 aromatic heterocycles. The lowest BCUT2D eigenvalue weighted by Crippen LogP contribution is -2.49. The van der Waals surface area contributed by atoms with Gasteiger partial charge in [0.1, 0.15) is 0 Å². The number of para-hydroxylation sites is 1. The van der Waals surface area contributed by atoms with Crippen molar-refractivity contribution >= 4 is 62.5 Å². The number of esters is 1. The monoisotopic (exact) mass is 546 g/mol. The maximum atomic E-state index is 13.4. The Labute approximate surface area is 228 Å². The Morgan fingerprint density at radius 3 is 2.39 bits per heavy atom. The largest absolute Gasteiger partial charge is 0.468 e. The second kappa shape index (κ2) is 11.7. The summed E-state index contributed by atoms with van der Waals surface area (Å²) in [5.41, 5.74) is 3.26. The van der Waals surface area contributed by atoms with Gasteiger partial charge in [0.25, 0.3) is 11.8 Å². The molecule has 0 radical (unpaired) electrons. The Kier molecular flexibility index (Phi) is 7.90. The summed E-state index contributed by atoms with van der Waals surface area (Å²) in [7, 11) is 1.36. The fourth-order valence-corrected chi connectivity index (χ4v) is 6.21. The van der Waals surface area contributed by atoms with E-state index in [1.807, 2.05) is 35.2 Å². The quantitative estimate of drug-likeness (QED) is 0.264. The second-order valence-electron chi connectivity index (χ2n) is 8.64. The number of hydrogen-bond acceptors (Lipinski definition) is 8. The van der Waals surface area contributed by atoms with Crippen molar-refractivity contribution in [3.8, 4) is 0 Å². The average molecular weight is 547 g/mol. The summed E-state index contributed by atoms with van der Waals surface area (Å²) in [4.78, 5) is 46.7. The van der Waals surface area contributed by atoms with Gasteiger partial charge in [-0.3, -0.25) is 14.4 Å². The highest BCUT2D eigenvalue weighted by atomic mass is 32.2. The SMILES string of the molecule is COC(=O)CSc1nc2ccc(NC(=O)c3ccccc3C(=O)N3CCN(c4ccccc4)CC3)cc2s1. The molecule has 194 valence electrons. The molecule has 0 unspecified atom stereocenters. The van der Waals surface area contributed by atoms with E-state index in [0.717, 1.165) is 33.3 Å². The number of thioether (sulfide) groups is 1. The first-order valence-corrected chi connectivity index (χ1v) is 13.9. The standard InChI is InChI=1S/C28H26N4O4S2/c1-36-25(33)18-37-28-30-23-12-11-19(17-24(23)38-28)29-26(34)21-9-5-6-10-22(21)27(35)32-15-13-31(14-16-32)20-7-3-2-4-8-20/h2-12,17H,13-16,18H2,1H3,(H,29,34). The lowest BCUT2D eigenvalue weighted by molar-refractivity contribution is -0.137. The highest BCUT2D eigenvalue weighted by molar-refractivity contribution is 8.01. The summed E-state index contributed by atoms with van der Waals surface area (Å²) >= 11 is 2.75. The zero-order chi connectivity index (χ0) is 26.5. The number of thiazole rings is 1. The molecule has 1 fully saturated rings. The van der Waals surface area contributed by atoms with Crippen molar-refractivity contribution in [3.63, 3.8) is 0 Å². The fourth-order valence-electron chi connectivity index (χ4n) is 4.27. The van der Waals surface area contributed by atoms with Crippen LogP contribution in [-0.4, -0.2) is 66.7 Å². The number of fused-ring (bicyclic) bond motifs is 1. The molecule has 2 amide bonds. The molecule has 5 rings (SSSR count). The first kappa shape index (κ1) is 25.7. The average Bonchev–Trinajstić information content (AvgIpc) is 3.38. The van der Waals surface area contributed by atoms with Gasteiger partial charge in [-0.1, -0.05) is 42.1 Å². The number of carbonyl (C=O) groups is 3. The maximum Gasteiger partial charge on any atom is 0.316 e. The Morgan fingerprint density at radius 1 is 0.947 bits per heavy atom. The van der Waals surface area contributed by atoms with Crippen molar-refractivity contribution in [1.29, 1.82) is 0 Å². The Bertz CT molecular complexity index is 1470. The van der Waals surface area contributed by atoms with Gasteiger partial charge in [-0.25, -0.2) is 4.98 Å². The summed E-state index contributed by atoms with van der Waals surface area (Å²) in [6.45, 7) is 2.64. The number of nitrogens with one attached hydrogen (secondary N) is 1. The number of amides is 2. The van der Waals surface area contributed by atoms with Crippen LogP contribution < -0.4 is 10.2 Å². The van der Waals surface area contributed by atoms with Crippen molar-refractivity contribution in [1.82, 2.24) is 9.88 Å². The number of piperazine rings is 1. The molecular formula is C28H26N4O4S2. The van der Waals surface area contributed by atoms with Crippen molar-refractivity contribution in [2.75, 3.05) is 49.3 Å². The minimum atomic E-state index is -0.346. The number of aromatic nitrogens is 1. The van der Waals surface area contributed by atoms with E-state index in [2.05, 4.69) is 32.1 Å². The number of hydrogen-bond donors (Lipinski definition) is 1. The highest BCUT2D eigenvalue weighted by Gasteiger charge is 2.25. The highest BCUT2D eigenvalue weighted by Crippen LogP contribution is 2.31. The molecule has 10 heteroatoms. The van der Waals surface area contributed by atoms with Crippen molar-refractivity contribution in [2.45, 2.75) is 4.34 Å². The van der Waals surface area contributed by atoms with Crippen molar-refractivity contribution in [2.24, 2.45) is 0 Å². The van der Waals surface area contributed by atoms with Crippen LogP contribution in [0.3, 0.4) is 0 Å². The summed E-state index contributed by atoms with van der Waals surface area (Å²) in [5.74, 6) is -0.616. The van der Waals surface area contributed by atoms with Gasteiger partial charge < -0.3 is 19.9 Å². The Morgan fingerprint density at radius 2 is 1.66 bits per heavy atom. The summed E-state index contributed by atoms with van der Waals surface area (Å²) in [6, 6.07) is 22.5. The second-order valence-corrected chi connectivity index (χ2v) is 10.9. The van der Waals surface area contributed by atoms with Gasteiger partial charge in [0.15, 0.2) is 4.34 Å². The Hall–Kier alpha value is -3.89. The van der Waals surface area contributed by atoms with Crippen LogP contribution in [0.5, 0.6) is 0 Å². The van der Waals surface area contributed by atoms with Crippen LogP contribution in [0.1, 0.15) is 20.7 Å². The number of benzene rings is 3. The van der Waals surface area contributed by atoms with E-state index in [0.29, 0.717) is 29.9 Å². The number of nitrogens with zero attached hydrogens (tertiary/aromatic N) is 3. The Balaban J connectivity index is 1.26. The molecule has 1 N–H and O–H groups in total. The van der Waals surface area contributed by atoms with Crippen LogP contribution in [-0.2, 0) is 9.53 Å². The van der Waals surface area contributed by atoms with Gasteiger partial charge >= 0.3 is 5.97 Å². The fraction of sp³-hybridized carbons (Fsp3) is 0.214. The minimum Gasteiger partial charge on any atom is -0.468 e. The van der Waals surface area contributed by atoms with Gasteiger partial charge in [0.05, 0.1) is 34.2 Å². The van der Waals surface area contributed by atoms with Gasteiger partial charge in [0, 0.05) is 37.6 Å². The van der Waals surface area contributed by atoms with Crippen LogP contribution in [0, 0.1) is 0 Å². The molecule has 1 saturated heterocycles. The maximum absolute atomic E-state index is 13.4. The number of rotatable bonds is 7. The molecule has 0 atom stereocenters. The van der Waals surface area contributed by atoms with Crippen molar-refractivity contribution < 1.29 is 19.1 Å². The van der Waals surface area contributed by atoms with E-state index in [-0.39, 0.29) is 23.5 Å². The predicted octanol–water partition coefficient (Wildman–Crippen LogP) is 4.78. The van der Waals surface area contributed by atoms with E-state index >= 15 is 0 Å². The summed E-state index contributed by atoms with van der Waals surface area (Å²) < 4.78 is 6.31. The number of carbonyl (C=O) groups excluding carboxylic acids is 3. The summed E-state index contributed by atoms with van der Waals surface area (Å²) in [5, 5.41) is 2.93. The first-order chi connectivity index (χ1) is 18.5. The van der Waals surface area contributed by atoms with Gasteiger partial charge in [0.2, 0.25) is 0 Å². The molecule has 38 heavy (non-hydrogen) atoms. The molecule has 0 saturated carbocycles. The third-order valence-electron chi connectivity index (χ3n) is 6.26. The molecule has 0 aliphatic carbocycles. The molecule has 4 aromatic rings. The third-order valence-corrected chi connectivity index (χ3v) is 8.39. The van der Waals surface area contributed by atoms with Crippen LogP contribution in [0.25, 0.3) is 10.2 Å². The van der Waals surface area contributed by atoms with E-state index in [4.69, 9.17) is 0 Å². The number of anilines is 2. The third kappa shape index (κ3) is 5.81. The first-order valence-electron chi connectivity index (χ1n) is 12.1. The number of methoxy groups -OCH3 is 1. The molecule has 3 aromatic carbocycles. The van der Waals surface area contributed by atoms with Gasteiger partial charge in [-0.15, -0.1) is 11.3 Å². The summed E-state index contributed by atoms with van der Waals surface area (Å²) in [6.07, 6.45) is 0. The van der Waals surface area contributed by atoms with Gasteiger partial charge in [-0.05, 0) is 42.5 Å². The number of ether oxygens (including phenoxy) is 1. The van der Waals surface area contributed by atoms with Crippen LogP contribution >= 0.6 is 23.1 Å². The lowest BCUT2D eigenvalue weighted by atomic mass is 10.0. The van der Waals surface area contributed by atoms with Crippen LogP contribution in [0.15, 0.2) is 77.1 Å². The zero-order valence-electron chi connectivity index (χ0n) is 20.8. The normalized spacial score (nSPS) is 13.4. The topological polar surface area (TPSA) is 91.8 Å². The van der Waals surface area contributed by atoms with Gasteiger partial charge in [-0.2, -0.15) is 0 Å². The molecular weight excluding hydrogens is 520 g/mol. The molecule has 8 nitrogen and oxygen atoms in total.